The van der Waals surface area contributed by atoms with Crippen LogP contribution in [0.15, 0.2) is 24.5 Å². The monoisotopic (exact) mass is 507 g/mol. The van der Waals surface area contributed by atoms with Crippen LogP contribution in [0.4, 0.5) is 5.82 Å². The highest BCUT2D eigenvalue weighted by molar-refractivity contribution is 7.19. The number of hydrogen-bond donors (Lipinski definition) is 1. The smallest absolute Gasteiger partial charge is 0.225 e. The van der Waals surface area contributed by atoms with Crippen LogP contribution in [0.25, 0.3) is 10.2 Å². The van der Waals surface area contributed by atoms with Crippen LogP contribution in [-0.2, 0) is 28.5 Å². The highest BCUT2D eigenvalue weighted by Gasteiger charge is 2.27. The van der Waals surface area contributed by atoms with Crippen LogP contribution in [0.5, 0.6) is 5.75 Å². The van der Waals surface area contributed by atoms with Gasteiger partial charge in [-0.3, -0.25) is 4.79 Å². The lowest BCUT2D eigenvalue weighted by molar-refractivity contribution is -0.116. The van der Waals surface area contributed by atoms with Crippen molar-refractivity contribution in [1.29, 1.82) is 0 Å². The zero-order valence-corrected chi connectivity index (χ0v) is 23.6. The first-order valence-corrected chi connectivity index (χ1v) is 14.3. The van der Waals surface area contributed by atoms with Crippen molar-refractivity contribution in [2.24, 2.45) is 0 Å². The molecular weight excluding hydrogens is 466 g/mol. The number of anilines is 1. The van der Waals surface area contributed by atoms with E-state index in [0.29, 0.717) is 25.3 Å². The van der Waals surface area contributed by atoms with E-state index in [0.717, 1.165) is 41.6 Å². The van der Waals surface area contributed by atoms with Gasteiger partial charge in [-0.1, -0.05) is 53.7 Å². The van der Waals surface area contributed by atoms with Crippen LogP contribution in [0, 0.1) is 0 Å². The van der Waals surface area contributed by atoms with Crippen molar-refractivity contribution < 1.29 is 9.53 Å². The average molecular weight is 508 g/mol. The van der Waals surface area contributed by atoms with Gasteiger partial charge in [-0.05, 0) is 73.0 Å². The highest BCUT2D eigenvalue weighted by atomic mass is 32.1. The maximum atomic E-state index is 12.8. The summed E-state index contributed by atoms with van der Waals surface area (Å²) in [5.74, 6) is 1.57. The Morgan fingerprint density at radius 2 is 1.81 bits per heavy atom. The van der Waals surface area contributed by atoms with E-state index in [2.05, 4.69) is 75.0 Å². The number of carbonyl (C=O) groups excluding carboxylic acids is 1. The molecule has 1 aromatic carbocycles. The summed E-state index contributed by atoms with van der Waals surface area (Å²) in [7, 11) is 0. The Morgan fingerprint density at radius 1 is 1.06 bits per heavy atom. The van der Waals surface area contributed by atoms with E-state index in [4.69, 9.17) is 4.74 Å². The Morgan fingerprint density at radius 3 is 2.56 bits per heavy atom. The first-order valence-electron chi connectivity index (χ1n) is 13.5. The van der Waals surface area contributed by atoms with Crippen molar-refractivity contribution in [3.63, 3.8) is 0 Å². The third-order valence-corrected chi connectivity index (χ3v) is 9.27. The molecule has 4 rings (SSSR count). The summed E-state index contributed by atoms with van der Waals surface area (Å²) in [5.41, 5.74) is 4.08. The molecule has 6 heteroatoms. The van der Waals surface area contributed by atoms with E-state index in [1.807, 2.05) is 0 Å². The molecule has 0 aliphatic heterocycles. The number of thiophene rings is 1. The number of hydrogen-bond acceptors (Lipinski definition) is 5. The van der Waals surface area contributed by atoms with Gasteiger partial charge in [0.05, 0.1) is 12.0 Å². The molecule has 3 aromatic rings. The number of nitrogens with zero attached hydrogens (tertiary/aromatic N) is 2. The minimum atomic E-state index is -0.0245. The molecule has 1 aliphatic rings. The number of aryl methyl sites for hydroxylation is 2. The largest absolute Gasteiger partial charge is 0.493 e. The molecule has 0 atom stereocenters. The summed E-state index contributed by atoms with van der Waals surface area (Å²) in [6.07, 6.45) is 9.28. The lowest BCUT2D eigenvalue weighted by atomic mass is 9.76. The number of aromatic nitrogens is 2. The van der Waals surface area contributed by atoms with Gasteiger partial charge in [0.1, 0.15) is 22.7 Å². The van der Waals surface area contributed by atoms with Crippen LogP contribution in [-0.4, -0.2) is 22.5 Å². The van der Waals surface area contributed by atoms with E-state index in [9.17, 15) is 4.79 Å². The molecule has 0 fully saturated rings. The molecule has 0 unspecified atom stereocenters. The van der Waals surface area contributed by atoms with Crippen molar-refractivity contribution in [2.45, 2.75) is 104 Å². The van der Waals surface area contributed by atoms with Crippen molar-refractivity contribution in [2.75, 3.05) is 11.9 Å². The molecule has 0 radical (unpaired) electrons. The van der Waals surface area contributed by atoms with Gasteiger partial charge in [0.15, 0.2) is 0 Å². The van der Waals surface area contributed by atoms with Gasteiger partial charge in [0.2, 0.25) is 5.91 Å². The average Bonchev–Trinajstić information content (AvgIpc) is 3.26. The number of ether oxygens (including phenoxy) is 1. The normalized spacial score (nSPS) is 14.1. The summed E-state index contributed by atoms with van der Waals surface area (Å²) in [6, 6.07) is 6.65. The molecule has 0 saturated carbocycles. The summed E-state index contributed by atoms with van der Waals surface area (Å²) in [6.45, 7) is 14.1. The number of benzene rings is 1. The van der Waals surface area contributed by atoms with Gasteiger partial charge in [-0.15, -0.1) is 11.3 Å². The number of rotatable bonds is 10. The van der Waals surface area contributed by atoms with Gasteiger partial charge >= 0.3 is 0 Å². The fourth-order valence-electron chi connectivity index (χ4n) is 4.79. The van der Waals surface area contributed by atoms with Crippen molar-refractivity contribution in [3.8, 4) is 5.75 Å². The van der Waals surface area contributed by atoms with Crippen LogP contribution in [0.2, 0.25) is 0 Å². The Kier molecular flexibility index (Phi) is 8.03. The molecule has 2 aromatic heterocycles. The molecule has 0 saturated heterocycles. The third kappa shape index (κ3) is 5.59. The van der Waals surface area contributed by atoms with Gasteiger partial charge < -0.3 is 10.1 Å². The molecule has 194 valence electrons. The van der Waals surface area contributed by atoms with E-state index in [-0.39, 0.29) is 16.7 Å². The van der Waals surface area contributed by atoms with Crippen LogP contribution < -0.4 is 10.1 Å². The zero-order valence-electron chi connectivity index (χ0n) is 22.8. The molecule has 0 bridgehead atoms. The van der Waals surface area contributed by atoms with E-state index < -0.39 is 0 Å². The Hall–Kier alpha value is -2.47. The number of nitrogens with one attached hydrogen (secondary N) is 1. The third-order valence-electron chi connectivity index (χ3n) is 8.07. The zero-order chi connectivity index (χ0) is 25.9. The number of carbonyl (C=O) groups is 1. The molecule has 5 nitrogen and oxygen atoms in total. The van der Waals surface area contributed by atoms with Gasteiger partial charge in [-0.2, -0.15) is 0 Å². The second-order valence-electron chi connectivity index (χ2n) is 11.3. The maximum Gasteiger partial charge on any atom is 0.225 e. The van der Waals surface area contributed by atoms with E-state index in [1.165, 1.54) is 34.4 Å². The van der Waals surface area contributed by atoms with Gasteiger partial charge in [-0.25, -0.2) is 9.97 Å². The van der Waals surface area contributed by atoms with Gasteiger partial charge in [0.25, 0.3) is 0 Å². The first-order chi connectivity index (χ1) is 17.2. The Bertz CT molecular complexity index is 1230. The second kappa shape index (κ2) is 10.9. The minimum Gasteiger partial charge on any atom is -0.493 e. The predicted octanol–water partition coefficient (Wildman–Crippen LogP) is 7.74. The lowest BCUT2D eigenvalue weighted by Crippen LogP contribution is -2.21. The number of fused-ring (bicyclic) bond motifs is 3. The van der Waals surface area contributed by atoms with Crippen molar-refractivity contribution in [1.82, 2.24) is 9.97 Å². The standard InChI is InChI=1S/C30H41N3O2S/c1-7-29(3,4)20-15-16-23(22(18-20)30(5,6)8-2)35-17-11-14-25(34)33-27-26-21-12-9-10-13-24(21)36-28(26)32-19-31-27/h15-16,18-19H,7-14,17H2,1-6H3,(H,31,32,33,34). The highest BCUT2D eigenvalue weighted by Crippen LogP contribution is 2.39. The topological polar surface area (TPSA) is 64.1 Å². The quantitative estimate of drug-likeness (QED) is 0.285. The van der Waals surface area contributed by atoms with Crippen LogP contribution in [0.1, 0.15) is 102 Å². The van der Waals surface area contributed by atoms with E-state index in [1.54, 1.807) is 17.7 Å². The molecule has 1 N–H and O–H groups in total. The first kappa shape index (κ1) is 26.6. The van der Waals surface area contributed by atoms with E-state index >= 15 is 0 Å². The SMILES string of the molecule is CCC(C)(C)c1ccc(OCCCC(=O)Nc2ncnc3sc4c(c23)CCCC4)c(C(C)(C)CC)c1. The fraction of sp³-hybridized carbons (Fsp3) is 0.567. The molecule has 1 amide bonds. The summed E-state index contributed by atoms with van der Waals surface area (Å²) < 4.78 is 6.26. The minimum absolute atomic E-state index is 0.0185. The lowest BCUT2D eigenvalue weighted by Gasteiger charge is -2.30. The van der Waals surface area contributed by atoms with Gasteiger partial charge in [0, 0.05) is 16.9 Å². The summed E-state index contributed by atoms with van der Waals surface area (Å²) in [4.78, 5) is 24.1. The van der Waals surface area contributed by atoms with Crippen LogP contribution in [0.3, 0.4) is 0 Å². The fourth-order valence-corrected chi connectivity index (χ4v) is 6.02. The number of amides is 1. The summed E-state index contributed by atoms with van der Waals surface area (Å²) >= 11 is 1.75. The second-order valence-corrected chi connectivity index (χ2v) is 12.4. The Balaban J connectivity index is 1.40. The van der Waals surface area contributed by atoms with Crippen LogP contribution >= 0.6 is 11.3 Å². The molecular formula is C30H41N3O2S. The predicted molar refractivity (Wildman–Crippen MR) is 150 cm³/mol. The Labute approximate surface area is 220 Å². The molecule has 1 aliphatic carbocycles. The molecule has 0 spiro atoms. The van der Waals surface area contributed by atoms with Crippen molar-refractivity contribution >= 4 is 33.3 Å². The maximum absolute atomic E-state index is 12.8. The molecule has 36 heavy (non-hydrogen) atoms. The van der Waals surface area contributed by atoms with Crippen molar-refractivity contribution in [3.05, 3.63) is 46.1 Å². The molecule has 2 heterocycles. The summed E-state index contributed by atoms with van der Waals surface area (Å²) in [5, 5.41) is 4.10.